The first-order valence-electron chi connectivity index (χ1n) is 7.91. The quantitative estimate of drug-likeness (QED) is 0.804. The maximum absolute atomic E-state index is 12.4. The van der Waals surface area contributed by atoms with E-state index in [1.807, 2.05) is 4.90 Å². The van der Waals surface area contributed by atoms with Crippen molar-refractivity contribution in [3.05, 3.63) is 0 Å². The Kier molecular flexibility index (Phi) is 4.77. The lowest BCUT2D eigenvalue weighted by molar-refractivity contribution is -0.129. The number of likely N-dealkylation sites (tertiary alicyclic amines) is 1. The molecule has 1 atom stereocenters. The standard InChI is InChI=1S/C15H27NO3S/c1-3-20(18,19)13(2)14(17)16-11-10-15(12-16)8-6-4-5-7-9-15/h13H,3-12H2,1-2H3. The Morgan fingerprint density at radius 2 is 1.75 bits per heavy atom. The molecule has 1 saturated carbocycles. The first-order chi connectivity index (χ1) is 9.40. The van der Waals surface area contributed by atoms with Crippen LogP contribution in [0, 0.1) is 5.41 Å². The zero-order valence-electron chi connectivity index (χ0n) is 12.7. The summed E-state index contributed by atoms with van der Waals surface area (Å²) >= 11 is 0. The van der Waals surface area contributed by atoms with Crippen LogP contribution in [0.4, 0.5) is 0 Å². The van der Waals surface area contributed by atoms with Crippen molar-refractivity contribution in [2.45, 2.75) is 64.0 Å². The molecule has 20 heavy (non-hydrogen) atoms. The molecule has 116 valence electrons. The van der Waals surface area contributed by atoms with Gasteiger partial charge in [0.15, 0.2) is 9.84 Å². The average molecular weight is 301 g/mol. The molecular formula is C15H27NO3S. The molecule has 0 radical (unpaired) electrons. The molecule has 1 aliphatic carbocycles. The maximum atomic E-state index is 12.4. The molecule has 0 N–H and O–H groups in total. The number of nitrogens with zero attached hydrogens (tertiary/aromatic N) is 1. The minimum Gasteiger partial charge on any atom is -0.341 e. The van der Waals surface area contributed by atoms with Crippen LogP contribution in [-0.2, 0) is 14.6 Å². The molecule has 1 aliphatic heterocycles. The van der Waals surface area contributed by atoms with Gasteiger partial charge in [0.05, 0.1) is 0 Å². The lowest BCUT2D eigenvalue weighted by Gasteiger charge is -2.28. The molecule has 0 aromatic carbocycles. The molecule has 1 amide bonds. The van der Waals surface area contributed by atoms with Crippen molar-refractivity contribution in [1.82, 2.24) is 4.90 Å². The highest BCUT2D eigenvalue weighted by atomic mass is 32.2. The molecule has 2 aliphatic rings. The van der Waals surface area contributed by atoms with Crippen LogP contribution in [0.2, 0.25) is 0 Å². The van der Waals surface area contributed by atoms with Gasteiger partial charge in [-0.05, 0) is 31.6 Å². The van der Waals surface area contributed by atoms with E-state index in [1.165, 1.54) is 38.5 Å². The van der Waals surface area contributed by atoms with E-state index in [-0.39, 0.29) is 17.1 Å². The van der Waals surface area contributed by atoms with Gasteiger partial charge in [0, 0.05) is 18.8 Å². The van der Waals surface area contributed by atoms with Crippen molar-refractivity contribution >= 4 is 15.7 Å². The minimum atomic E-state index is -3.28. The van der Waals surface area contributed by atoms with Crippen LogP contribution in [0.3, 0.4) is 0 Å². The first kappa shape index (κ1) is 15.8. The summed E-state index contributed by atoms with van der Waals surface area (Å²) in [5, 5.41) is -0.881. The molecule has 2 fully saturated rings. The molecule has 4 nitrogen and oxygen atoms in total. The van der Waals surface area contributed by atoms with Gasteiger partial charge in [-0.15, -0.1) is 0 Å². The van der Waals surface area contributed by atoms with Crippen LogP contribution in [0.15, 0.2) is 0 Å². The molecule has 1 unspecified atom stereocenters. The van der Waals surface area contributed by atoms with Gasteiger partial charge in [-0.25, -0.2) is 8.42 Å². The summed E-state index contributed by atoms with van der Waals surface area (Å²) < 4.78 is 23.7. The Labute approximate surface area is 122 Å². The average Bonchev–Trinajstić information content (AvgIpc) is 2.71. The Morgan fingerprint density at radius 1 is 1.15 bits per heavy atom. The van der Waals surface area contributed by atoms with Crippen molar-refractivity contribution in [3.63, 3.8) is 0 Å². The van der Waals surface area contributed by atoms with E-state index in [0.717, 1.165) is 19.5 Å². The molecule has 0 aromatic heterocycles. The Balaban J connectivity index is 2.03. The second-order valence-electron chi connectivity index (χ2n) is 6.52. The highest BCUT2D eigenvalue weighted by Crippen LogP contribution is 2.42. The second-order valence-corrected chi connectivity index (χ2v) is 9.13. The number of amides is 1. The summed E-state index contributed by atoms with van der Waals surface area (Å²) in [6.45, 7) is 4.66. The summed E-state index contributed by atoms with van der Waals surface area (Å²) in [6.07, 6.45) is 8.57. The minimum absolute atomic E-state index is 0.0406. The number of rotatable bonds is 3. The van der Waals surface area contributed by atoms with Gasteiger partial charge < -0.3 is 4.90 Å². The van der Waals surface area contributed by atoms with Crippen LogP contribution in [0.5, 0.6) is 0 Å². The normalized spacial score (nSPS) is 24.6. The first-order valence-corrected chi connectivity index (χ1v) is 9.62. The SMILES string of the molecule is CCS(=O)(=O)C(C)C(=O)N1CCC2(CCCCCC2)C1. The number of hydrogen-bond acceptors (Lipinski definition) is 3. The van der Waals surface area contributed by atoms with Gasteiger partial charge in [-0.3, -0.25) is 4.79 Å². The van der Waals surface area contributed by atoms with Gasteiger partial charge in [0.1, 0.15) is 5.25 Å². The van der Waals surface area contributed by atoms with Crippen molar-refractivity contribution in [1.29, 1.82) is 0 Å². The van der Waals surface area contributed by atoms with Crippen molar-refractivity contribution < 1.29 is 13.2 Å². The molecule has 2 rings (SSSR count). The van der Waals surface area contributed by atoms with E-state index in [2.05, 4.69) is 0 Å². The predicted octanol–water partition coefficient (Wildman–Crippen LogP) is 2.38. The van der Waals surface area contributed by atoms with E-state index in [0.29, 0.717) is 0 Å². The van der Waals surface area contributed by atoms with Gasteiger partial charge in [-0.2, -0.15) is 0 Å². The third-order valence-corrected chi connectivity index (χ3v) is 7.29. The van der Waals surface area contributed by atoms with Gasteiger partial charge in [0.2, 0.25) is 5.91 Å². The number of carbonyl (C=O) groups is 1. The molecule has 5 heteroatoms. The summed E-state index contributed by atoms with van der Waals surface area (Å²) in [7, 11) is -3.28. The Morgan fingerprint density at radius 3 is 2.30 bits per heavy atom. The molecule has 0 aromatic rings. The fourth-order valence-corrected chi connectivity index (χ4v) is 4.63. The van der Waals surface area contributed by atoms with Crippen LogP contribution in [0.1, 0.15) is 58.8 Å². The zero-order valence-corrected chi connectivity index (χ0v) is 13.5. The fourth-order valence-electron chi connectivity index (χ4n) is 3.67. The molecule has 1 spiro atoms. The van der Waals surface area contributed by atoms with E-state index in [9.17, 15) is 13.2 Å². The van der Waals surface area contributed by atoms with Gasteiger partial charge >= 0.3 is 0 Å². The molecule has 1 saturated heterocycles. The third-order valence-electron chi connectivity index (χ3n) is 5.20. The summed E-state index contributed by atoms with van der Waals surface area (Å²) in [6, 6.07) is 0. The highest BCUT2D eigenvalue weighted by Gasteiger charge is 2.42. The van der Waals surface area contributed by atoms with E-state index in [1.54, 1.807) is 13.8 Å². The maximum Gasteiger partial charge on any atom is 0.240 e. The lowest BCUT2D eigenvalue weighted by atomic mass is 9.80. The fraction of sp³-hybridized carbons (Fsp3) is 0.933. The molecular weight excluding hydrogens is 274 g/mol. The van der Waals surface area contributed by atoms with Crippen LogP contribution >= 0.6 is 0 Å². The third kappa shape index (κ3) is 3.18. The zero-order chi connectivity index (χ0) is 14.8. The van der Waals surface area contributed by atoms with E-state index in [4.69, 9.17) is 0 Å². The van der Waals surface area contributed by atoms with Crippen molar-refractivity contribution in [2.24, 2.45) is 5.41 Å². The second kappa shape index (κ2) is 6.04. The number of sulfone groups is 1. The Hall–Kier alpha value is -0.580. The van der Waals surface area contributed by atoms with E-state index < -0.39 is 15.1 Å². The van der Waals surface area contributed by atoms with Crippen molar-refractivity contribution in [2.75, 3.05) is 18.8 Å². The molecule has 1 heterocycles. The van der Waals surface area contributed by atoms with E-state index >= 15 is 0 Å². The van der Waals surface area contributed by atoms with Crippen molar-refractivity contribution in [3.8, 4) is 0 Å². The van der Waals surface area contributed by atoms with Crippen LogP contribution in [-0.4, -0.2) is 43.3 Å². The topological polar surface area (TPSA) is 54.5 Å². The summed E-state index contributed by atoms with van der Waals surface area (Å²) in [4.78, 5) is 14.2. The molecule has 0 bridgehead atoms. The number of carbonyl (C=O) groups excluding carboxylic acids is 1. The largest absolute Gasteiger partial charge is 0.341 e. The number of hydrogen-bond donors (Lipinski definition) is 0. The van der Waals surface area contributed by atoms with Gasteiger partial charge in [-0.1, -0.05) is 32.6 Å². The summed E-state index contributed by atoms with van der Waals surface area (Å²) in [5.41, 5.74) is 0.280. The van der Waals surface area contributed by atoms with Crippen LogP contribution < -0.4 is 0 Å². The van der Waals surface area contributed by atoms with Gasteiger partial charge in [0.25, 0.3) is 0 Å². The monoisotopic (exact) mass is 301 g/mol. The smallest absolute Gasteiger partial charge is 0.240 e. The predicted molar refractivity (Wildman–Crippen MR) is 80.3 cm³/mol. The summed E-state index contributed by atoms with van der Waals surface area (Å²) in [5.74, 6) is -0.146. The van der Waals surface area contributed by atoms with Crippen LogP contribution in [0.25, 0.3) is 0 Å². The lowest BCUT2D eigenvalue weighted by Crippen LogP contribution is -2.41. The Bertz CT molecular complexity index is 450. The highest BCUT2D eigenvalue weighted by molar-refractivity contribution is 7.92.